The predicted molar refractivity (Wildman–Crippen MR) is 109 cm³/mol. The van der Waals surface area contributed by atoms with Gasteiger partial charge in [0.25, 0.3) is 11.8 Å². The number of hydrogen-bond acceptors (Lipinski definition) is 6. The van der Waals surface area contributed by atoms with E-state index in [1.807, 2.05) is 6.26 Å². The first-order valence-electron chi connectivity index (χ1n) is 8.50. The van der Waals surface area contributed by atoms with Gasteiger partial charge in [0, 0.05) is 25.3 Å². The Labute approximate surface area is 167 Å². The van der Waals surface area contributed by atoms with Crippen LogP contribution in [0.2, 0.25) is 0 Å². The van der Waals surface area contributed by atoms with E-state index in [0.717, 1.165) is 0 Å². The molecule has 0 unspecified atom stereocenters. The van der Waals surface area contributed by atoms with Crippen molar-refractivity contribution in [3.05, 3.63) is 59.5 Å². The molecule has 0 atom stereocenters. The fourth-order valence-corrected chi connectivity index (χ4v) is 3.28. The normalized spacial score (nSPS) is 10.6. The summed E-state index contributed by atoms with van der Waals surface area (Å²) in [5, 5.41) is 3.39. The molecule has 2 heterocycles. The summed E-state index contributed by atoms with van der Waals surface area (Å²) in [6.07, 6.45) is 3.40. The van der Waals surface area contributed by atoms with E-state index in [4.69, 9.17) is 4.42 Å². The third-order valence-electron chi connectivity index (χ3n) is 3.99. The van der Waals surface area contributed by atoms with Crippen LogP contribution in [0.5, 0.6) is 0 Å². The molecule has 144 valence electrons. The average molecular weight is 396 g/mol. The summed E-state index contributed by atoms with van der Waals surface area (Å²) in [4.78, 5) is 35.4. The molecule has 3 rings (SSSR count). The van der Waals surface area contributed by atoms with Crippen molar-refractivity contribution >= 4 is 29.3 Å². The Morgan fingerprint density at radius 2 is 1.93 bits per heavy atom. The zero-order valence-corrected chi connectivity index (χ0v) is 16.8. The lowest BCUT2D eigenvalue weighted by Gasteiger charge is -2.13. The molecule has 0 fully saturated rings. The van der Waals surface area contributed by atoms with Gasteiger partial charge in [0.1, 0.15) is 5.03 Å². The Morgan fingerprint density at radius 1 is 1.14 bits per heavy atom. The van der Waals surface area contributed by atoms with Gasteiger partial charge in [-0.15, -0.1) is 11.8 Å². The molecule has 0 saturated heterocycles. The number of carbonyl (C=O) groups excluding carboxylic acids is 2. The summed E-state index contributed by atoms with van der Waals surface area (Å²) in [7, 11) is 3.36. The van der Waals surface area contributed by atoms with E-state index in [2.05, 4.69) is 15.3 Å². The molecule has 1 N–H and O–H groups in total. The summed E-state index contributed by atoms with van der Waals surface area (Å²) < 4.78 is 5.35. The fraction of sp³-hybridized carbons (Fsp3) is 0.200. The van der Waals surface area contributed by atoms with Crippen LogP contribution in [0.1, 0.15) is 26.4 Å². The Hall–Kier alpha value is -3.13. The Balaban J connectivity index is 1.91. The van der Waals surface area contributed by atoms with Crippen LogP contribution in [0.4, 0.5) is 5.69 Å². The fourth-order valence-electron chi connectivity index (χ4n) is 2.65. The minimum Gasteiger partial charge on any atom is -0.461 e. The number of hydrogen-bond donors (Lipinski definition) is 1. The molecule has 3 aromatic rings. The minimum atomic E-state index is -0.331. The third-order valence-corrected chi connectivity index (χ3v) is 4.67. The monoisotopic (exact) mass is 396 g/mol. The molecule has 0 radical (unpaired) electrons. The number of anilines is 1. The van der Waals surface area contributed by atoms with Crippen LogP contribution in [-0.4, -0.2) is 47.0 Å². The van der Waals surface area contributed by atoms with Crippen LogP contribution in [0.25, 0.3) is 11.6 Å². The Bertz CT molecular complexity index is 1020. The molecule has 0 aliphatic rings. The third kappa shape index (κ3) is 4.07. The molecule has 2 aromatic heterocycles. The lowest BCUT2D eigenvalue weighted by molar-refractivity contribution is 0.0827. The topological polar surface area (TPSA) is 88.3 Å². The highest BCUT2D eigenvalue weighted by molar-refractivity contribution is 7.98. The molecule has 0 aliphatic heterocycles. The minimum absolute atomic E-state index is 0.136. The first-order chi connectivity index (χ1) is 13.4. The Kier molecular flexibility index (Phi) is 5.79. The van der Waals surface area contributed by atoms with Crippen LogP contribution in [0.3, 0.4) is 0 Å². The quantitative estimate of drug-likeness (QED) is 0.522. The molecule has 7 nitrogen and oxygen atoms in total. The summed E-state index contributed by atoms with van der Waals surface area (Å²) in [6.45, 7) is 1.76. The van der Waals surface area contributed by atoms with Crippen LogP contribution < -0.4 is 5.32 Å². The standard InChI is InChI=1S/C20H20N4O3S/c1-12-16(19(28-4)23-17(21-12)15-9-6-10-27-15)18(25)22-14-8-5-7-13(11-14)20(26)24(2)3/h5-11H,1-4H3,(H,22,25). The van der Waals surface area contributed by atoms with Gasteiger partial charge in [-0.05, 0) is 43.5 Å². The maximum absolute atomic E-state index is 12.9. The van der Waals surface area contributed by atoms with Crippen LogP contribution >= 0.6 is 11.8 Å². The number of nitrogens with zero attached hydrogens (tertiary/aromatic N) is 3. The van der Waals surface area contributed by atoms with Crippen molar-refractivity contribution < 1.29 is 14.0 Å². The smallest absolute Gasteiger partial charge is 0.260 e. The van der Waals surface area contributed by atoms with E-state index in [1.165, 1.54) is 16.7 Å². The lowest BCUT2D eigenvalue weighted by atomic mass is 10.1. The number of benzene rings is 1. The number of amides is 2. The molecule has 0 saturated carbocycles. The highest BCUT2D eigenvalue weighted by Gasteiger charge is 2.20. The van der Waals surface area contributed by atoms with E-state index in [0.29, 0.717) is 39.1 Å². The number of furan rings is 1. The zero-order valence-electron chi connectivity index (χ0n) is 16.0. The Morgan fingerprint density at radius 3 is 2.57 bits per heavy atom. The largest absolute Gasteiger partial charge is 0.461 e. The highest BCUT2D eigenvalue weighted by atomic mass is 32.2. The van der Waals surface area contributed by atoms with E-state index in [1.54, 1.807) is 63.7 Å². The second-order valence-corrected chi connectivity index (χ2v) is 7.02. The summed E-state index contributed by atoms with van der Waals surface area (Å²) in [5.74, 6) is 0.507. The molecular formula is C20H20N4O3S. The van der Waals surface area contributed by atoms with Gasteiger partial charge < -0.3 is 14.6 Å². The molecule has 1 aromatic carbocycles. The van der Waals surface area contributed by atoms with E-state index < -0.39 is 0 Å². The average Bonchev–Trinajstić information content (AvgIpc) is 3.21. The number of nitrogens with one attached hydrogen (secondary N) is 1. The van der Waals surface area contributed by atoms with E-state index >= 15 is 0 Å². The van der Waals surface area contributed by atoms with Crippen molar-refractivity contribution in [2.24, 2.45) is 0 Å². The van der Waals surface area contributed by atoms with Gasteiger partial charge >= 0.3 is 0 Å². The van der Waals surface area contributed by atoms with Crippen LogP contribution in [0.15, 0.2) is 52.1 Å². The molecule has 0 bridgehead atoms. The first-order valence-corrected chi connectivity index (χ1v) is 9.72. The second-order valence-electron chi connectivity index (χ2n) is 6.23. The summed E-state index contributed by atoms with van der Waals surface area (Å²) in [5.41, 5.74) is 1.96. The van der Waals surface area contributed by atoms with Crippen molar-refractivity contribution in [2.45, 2.75) is 11.9 Å². The summed E-state index contributed by atoms with van der Waals surface area (Å²) >= 11 is 1.36. The van der Waals surface area contributed by atoms with Gasteiger partial charge in [0.2, 0.25) is 0 Å². The predicted octanol–water partition coefficient (Wildman–Crippen LogP) is 3.72. The summed E-state index contributed by atoms with van der Waals surface area (Å²) in [6, 6.07) is 10.3. The van der Waals surface area contributed by atoms with Gasteiger partial charge in [0.15, 0.2) is 11.6 Å². The number of rotatable bonds is 5. The highest BCUT2D eigenvalue weighted by Crippen LogP contribution is 2.26. The number of carbonyl (C=O) groups is 2. The molecule has 0 spiro atoms. The van der Waals surface area contributed by atoms with Gasteiger partial charge in [-0.2, -0.15) is 0 Å². The SMILES string of the molecule is CSc1nc(-c2ccco2)nc(C)c1C(=O)Nc1cccc(C(=O)N(C)C)c1. The molecule has 28 heavy (non-hydrogen) atoms. The lowest BCUT2D eigenvalue weighted by Crippen LogP contribution is -2.22. The number of aryl methyl sites for hydroxylation is 1. The molecule has 0 aliphatic carbocycles. The maximum Gasteiger partial charge on any atom is 0.260 e. The number of aromatic nitrogens is 2. The van der Waals surface area contributed by atoms with Crippen molar-refractivity contribution in [1.82, 2.24) is 14.9 Å². The van der Waals surface area contributed by atoms with Crippen molar-refractivity contribution in [3.63, 3.8) is 0 Å². The van der Waals surface area contributed by atoms with Crippen molar-refractivity contribution in [3.8, 4) is 11.6 Å². The van der Waals surface area contributed by atoms with Crippen molar-refractivity contribution in [1.29, 1.82) is 0 Å². The zero-order chi connectivity index (χ0) is 20.3. The van der Waals surface area contributed by atoms with Crippen molar-refractivity contribution in [2.75, 3.05) is 25.7 Å². The van der Waals surface area contributed by atoms with Gasteiger partial charge in [-0.3, -0.25) is 9.59 Å². The number of thioether (sulfide) groups is 1. The van der Waals surface area contributed by atoms with E-state index in [9.17, 15) is 9.59 Å². The molecule has 8 heteroatoms. The molecular weight excluding hydrogens is 376 g/mol. The van der Waals surface area contributed by atoms with Gasteiger partial charge in [-0.1, -0.05) is 6.07 Å². The van der Waals surface area contributed by atoms with Crippen LogP contribution in [0, 0.1) is 6.92 Å². The van der Waals surface area contributed by atoms with E-state index in [-0.39, 0.29) is 11.8 Å². The van der Waals surface area contributed by atoms with Gasteiger partial charge in [0.05, 0.1) is 17.5 Å². The maximum atomic E-state index is 12.9. The molecule has 2 amide bonds. The second kappa shape index (κ2) is 8.26. The van der Waals surface area contributed by atoms with Crippen LogP contribution in [-0.2, 0) is 0 Å². The first kappa shape index (κ1) is 19.6. The van der Waals surface area contributed by atoms with Gasteiger partial charge in [-0.25, -0.2) is 9.97 Å².